The van der Waals surface area contributed by atoms with Crippen LogP contribution in [0.2, 0.25) is 0 Å². The fraction of sp³-hybridized carbons (Fsp3) is 0.172. The highest BCUT2D eigenvalue weighted by atomic mass is 16.3. The minimum absolute atomic E-state index is 0.403. The summed E-state index contributed by atoms with van der Waals surface area (Å²) in [5.41, 5.74) is 11.1. The first-order valence-electron chi connectivity index (χ1n) is 11.9. The lowest BCUT2D eigenvalue weighted by Crippen LogP contribution is -2.18. The van der Waals surface area contributed by atoms with Crippen LogP contribution in [0, 0.1) is 0 Å². The van der Waals surface area contributed by atoms with Gasteiger partial charge >= 0.3 is 0 Å². The van der Waals surface area contributed by atoms with E-state index in [4.69, 9.17) is 15.7 Å². The van der Waals surface area contributed by atoms with Crippen LogP contribution in [0.4, 0.5) is 11.6 Å². The summed E-state index contributed by atoms with van der Waals surface area (Å²) in [5.74, 6) is 1.09. The predicted octanol–water partition coefficient (Wildman–Crippen LogP) is 5.22. The molecule has 0 aliphatic carbocycles. The minimum atomic E-state index is -1.01. The number of nitrogen functional groups attached to an aromatic ring is 1. The molecule has 0 spiro atoms. The smallest absolute Gasteiger partial charge is 0.146 e. The molecule has 0 saturated carbocycles. The van der Waals surface area contributed by atoms with E-state index in [1.807, 2.05) is 72.8 Å². The Morgan fingerprint density at radius 2 is 1.64 bits per heavy atom. The highest BCUT2D eigenvalue weighted by Crippen LogP contribution is 2.32. The molecule has 0 aliphatic rings. The Hall–Kier alpha value is -4.36. The van der Waals surface area contributed by atoms with Crippen molar-refractivity contribution in [3.8, 4) is 22.5 Å². The van der Waals surface area contributed by atoms with Crippen LogP contribution in [0.5, 0.6) is 0 Å². The molecule has 36 heavy (non-hydrogen) atoms. The van der Waals surface area contributed by atoms with E-state index in [0.29, 0.717) is 36.0 Å². The molecule has 0 radical (unpaired) electrons. The molecule has 7 nitrogen and oxygen atoms in total. The zero-order chi connectivity index (χ0) is 25.1. The second-order valence-corrected chi connectivity index (χ2v) is 9.17. The molecule has 5 rings (SSSR count). The van der Waals surface area contributed by atoms with Gasteiger partial charge in [0, 0.05) is 35.7 Å². The van der Waals surface area contributed by atoms with Crippen LogP contribution in [0.3, 0.4) is 0 Å². The third kappa shape index (κ3) is 5.01. The normalized spacial score (nSPS) is 11.5. The van der Waals surface area contributed by atoms with Crippen LogP contribution in [-0.4, -0.2) is 31.6 Å². The third-order valence-corrected chi connectivity index (χ3v) is 5.97. The van der Waals surface area contributed by atoms with Crippen molar-refractivity contribution in [2.24, 2.45) is 0 Å². The second-order valence-electron chi connectivity index (χ2n) is 9.17. The summed E-state index contributed by atoms with van der Waals surface area (Å²) in [6, 6.07) is 25.6. The fourth-order valence-electron chi connectivity index (χ4n) is 4.07. The number of nitrogens with zero attached hydrogens (tertiary/aromatic N) is 4. The Balaban J connectivity index is 1.48. The van der Waals surface area contributed by atoms with Crippen LogP contribution >= 0.6 is 0 Å². The van der Waals surface area contributed by atoms with Crippen molar-refractivity contribution in [2.45, 2.75) is 25.9 Å². The summed E-state index contributed by atoms with van der Waals surface area (Å²) in [4.78, 5) is 18.7. The number of fused-ring (bicyclic) bond motifs is 1. The Morgan fingerprint density at radius 3 is 2.44 bits per heavy atom. The van der Waals surface area contributed by atoms with Gasteiger partial charge in [-0.05, 0) is 44.2 Å². The van der Waals surface area contributed by atoms with Gasteiger partial charge in [0.15, 0.2) is 0 Å². The summed E-state index contributed by atoms with van der Waals surface area (Å²) in [7, 11) is 0. The molecule has 2 aromatic carbocycles. The molecule has 0 bridgehead atoms. The molecule has 7 heteroatoms. The fourth-order valence-corrected chi connectivity index (χ4v) is 4.07. The van der Waals surface area contributed by atoms with Crippen LogP contribution in [0.15, 0.2) is 85.1 Å². The van der Waals surface area contributed by atoms with E-state index in [1.54, 1.807) is 20.0 Å². The van der Waals surface area contributed by atoms with E-state index in [0.717, 1.165) is 33.4 Å². The Morgan fingerprint density at radius 1 is 0.833 bits per heavy atom. The maximum absolute atomic E-state index is 10.2. The molecule has 3 heterocycles. The van der Waals surface area contributed by atoms with E-state index in [-0.39, 0.29) is 0 Å². The van der Waals surface area contributed by atoms with Gasteiger partial charge in [-0.2, -0.15) is 0 Å². The van der Waals surface area contributed by atoms with Gasteiger partial charge in [-0.3, -0.25) is 4.98 Å². The van der Waals surface area contributed by atoms with E-state index in [1.165, 1.54) is 0 Å². The van der Waals surface area contributed by atoms with E-state index < -0.39 is 5.60 Å². The number of anilines is 2. The molecule has 5 aromatic rings. The number of benzene rings is 2. The summed E-state index contributed by atoms with van der Waals surface area (Å²) in [5, 5.41) is 14.6. The third-order valence-electron chi connectivity index (χ3n) is 5.97. The minimum Gasteiger partial charge on any atom is -0.384 e. The van der Waals surface area contributed by atoms with Crippen molar-refractivity contribution >= 4 is 22.5 Å². The Kier molecular flexibility index (Phi) is 6.31. The van der Waals surface area contributed by atoms with Gasteiger partial charge in [-0.15, -0.1) is 0 Å². The van der Waals surface area contributed by atoms with Gasteiger partial charge < -0.3 is 16.2 Å². The van der Waals surface area contributed by atoms with Crippen molar-refractivity contribution in [1.29, 1.82) is 0 Å². The van der Waals surface area contributed by atoms with Crippen molar-refractivity contribution in [1.82, 2.24) is 19.9 Å². The molecule has 0 amide bonds. The van der Waals surface area contributed by atoms with Crippen molar-refractivity contribution < 1.29 is 5.11 Å². The molecule has 180 valence electrons. The van der Waals surface area contributed by atoms with Crippen LogP contribution in [0.25, 0.3) is 33.4 Å². The average molecular weight is 477 g/mol. The van der Waals surface area contributed by atoms with Crippen molar-refractivity contribution in [3.05, 3.63) is 96.4 Å². The standard InChI is InChI=1S/C29H28N6O/c1-29(2,36)24-11-6-12-25(34-24)32-17-15-23-28(30)35-26(19-8-4-3-5-9-19)27(33-23)21-13-14-22-20(18-21)10-7-16-31-22/h3-14,16,18,36H,15,17H2,1-2H3,(H2,30,35)(H,32,34). The second kappa shape index (κ2) is 9.71. The number of rotatable bonds is 7. The lowest BCUT2D eigenvalue weighted by Gasteiger charge is -2.17. The van der Waals surface area contributed by atoms with E-state index in [2.05, 4.69) is 21.4 Å². The Labute approximate surface area is 210 Å². The quantitative estimate of drug-likeness (QED) is 0.295. The SMILES string of the molecule is CC(C)(O)c1cccc(NCCc2nc(-c3ccc4ncccc4c3)c(-c3ccccc3)nc2N)n1. The molecule has 4 N–H and O–H groups in total. The average Bonchev–Trinajstić information content (AvgIpc) is 2.89. The van der Waals surface area contributed by atoms with E-state index >= 15 is 0 Å². The van der Waals surface area contributed by atoms with Crippen LogP contribution in [0.1, 0.15) is 25.2 Å². The maximum Gasteiger partial charge on any atom is 0.146 e. The van der Waals surface area contributed by atoms with Gasteiger partial charge in [0.05, 0.1) is 28.3 Å². The van der Waals surface area contributed by atoms with Crippen LogP contribution < -0.4 is 11.1 Å². The van der Waals surface area contributed by atoms with Gasteiger partial charge in [-0.1, -0.05) is 48.5 Å². The van der Waals surface area contributed by atoms with Crippen molar-refractivity contribution in [2.75, 3.05) is 17.6 Å². The van der Waals surface area contributed by atoms with Crippen molar-refractivity contribution in [3.63, 3.8) is 0 Å². The molecule has 0 aliphatic heterocycles. The predicted molar refractivity (Wildman–Crippen MR) is 144 cm³/mol. The number of pyridine rings is 2. The van der Waals surface area contributed by atoms with Gasteiger partial charge in [0.2, 0.25) is 0 Å². The summed E-state index contributed by atoms with van der Waals surface area (Å²) in [6.45, 7) is 4.00. The lowest BCUT2D eigenvalue weighted by atomic mass is 10.0. The molecular formula is C29H28N6O. The molecule has 0 saturated heterocycles. The first-order chi connectivity index (χ1) is 17.4. The van der Waals surface area contributed by atoms with Gasteiger partial charge in [0.1, 0.15) is 17.2 Å². The highest BCUT2D eigenvalue weighted by Gasteiger charge is 2.18. The number of aliphatic hydroxyl groups is 1. The summed E-state index contributed by atoms with van der Waals surface area (Å²) in [6.07, 6.45) is 2.35. The summed E-state index contributed by atoms with van der Waals surface area (Å²) < 4.78 is 0. The number of aromatic nitrogens is 4. The lowest BCUT2D eigenvalue weighted by molar-refractivity contribution is 0.0740. The molecule has 0 unspecified atom stereocenters. The molecular weight excluding hydrogens is 448 g/mol. The van der Waals surface area contributed by atoms with E-state index in [9.17, 15) is 5.11 Å². The van der Waals surface area contributed by atoms with Gasteiger partial charge in [-0.25, -0.2) is 15.0 Å². The molecule has 0 atom stereocenters. The first kappa shape index (κ1) is 23.4. The maximum atomic E-state index is 10.2. The first-order valence-corrected chi connectivity index (χ1v) is 11.9. The largest absolute Gasteiger partial charge is 0.384 e. The topological polar surface area (TPSA) is 110 Å². The summed E-state index contributed by atoms with van der Waals surface area (Å²) >= 11 is 0. The van der Waals surface area contributed by atoms with Gasteiger partial charge in [0.25, 0.3) is 0 Å². The number of nitrogens with two attached hydrogens (primary N) is 1. The zero-order valence-corrected chi connectivity index (χ0v) is 20.3. The molecule has 0 fully saturated rings. The monoisotopic (exact) mass is 476 g/mol. The number of nitrogens with one attached hydrogen (secondary N) is 1. The zero-order valence-electron chi connectivity index (χ0n) is 20.3. The highest BCUT2D eigenvalue weighted by molar-refractivity contribution is 5.87. The van der Waals surface area contributed by atoms with Crippen LogP contribution in [-0.2, 0) is 12.0 Å². The Bertz CT molecular complexity index is 1510. The molecule has 3 aromatic heterocycles. The number of hydrogen-bond acceptors (Lipinski definition) is 7. The number of hydrogen-bond donors (Lipinski definition) is 3.